The number of hydrogen-bond donors (Lipinski definition) is 1. The number of benzene rings is 1. The molecule has 0 unspecified atom stereocenters. The Morgan fingerprint density at radius 1 is 1.23 bits per heavy atom. The van der Waals surface area contributed by atoms with Crippen LogP contribution in [-0.4, -0.2) is 47.5 Å². The molecule has 0 spiro atoms. The Kier molecular flexibility index (Phi) is 6.58. The van der Waals surface area contributed by atoms with Crippen molar-refractivity contribution in [3.63, 3.8) is 0 Å². The number of rotatable bonds is 7. The number of likely N-dealkylation sites (tertiary alicyclic amines) is 1. The third-order valence-electron chi connectivity index (χ3n) is 5.60. The van der Waals surface area contributed by atoms with E-state index in [1.807, 2.05) is 0 Å². The molecule has 1 N–H and O–H groups in total. The predicted octanol–water partition coefficient (Wildman–Crippen LogP) is 4.18. The molecule has 1 aliphatic heterocycles. The van der Waals surface area contributed by atoms with Gasteiger partial charge in [-0.25, -0.2) is 4.79 Å². The topological polar surface area (TPSA) is 35.6 Å². The standard InChI is InChI=1S/C22H35N3O/c1-17(2)9-14-25(21-7-8-21)22(26)23-20-10-12-24(13-11-20)16-19-6-4-5-18(3)15-19/h4-6,15,17,20-21H,7-14,16H2,1-3H3,(H,23,26). The second-order valence-electron chi connectivity index (χ2n) is 8.60. The first-order valence-electron chi connectivity index (χ1n) is 10.4. The Labute approximate surface area is 158 Å². The van der Waals surface area contributed by atoms with Crippen molar-refractivity contribution in [1.29, 1.82) is 0 Å². The molecule has 1 aromatic carbocycles. The molecular formula is C22H35N3O. The van der Waals surface area contributed by atoms with Gasteiger partial charge in [0.15, 0.2) is 0 Å². The summed E-state index contributed by atoms with van der Waals surface area (Å²) in [5, 5.41) is 3.32. The number of hydrogen-bond acceptors (Lipinski definition) is 2. The van der Waals surface area contributed by atoms with E-state index in [2.05, 4.69) is 60.2 Å². The van der Waals surface area contributed by atoms with Gasteiger partial charge in [0.05, 0.1) is 0 Å². The molecule has 1 saturated carbocycles. The SMILES string of the molecule is Cc1cccc(CN2CCC(NC(=O)N(CCC(C)C)C3CC3)CC2)c1. The van der Waals surface area contributed by atoms with Gasteiger partial charge in [-0.1, -0.05) is 43.7 Å². The second kappa shape index (κ2) is 8.90. The highest BCUT2D eigenvalue weighted by Gasteiger charge is 2.33. The summed E-state index contributed by atoms with van der Waals surface area (Å²) < 4.78 is 0. The van der Waals surface area contributed by atoms with Gasteiger partial charge < -0.3 is 10.2 Å². The minimum absolute atomic E-state index is 0.172. The molecule has 144 valence electrons. The molecule has 1 aromatic rings. The normalized spacial score (nSPS) is 18.9. The van der Waals surface area contributed by atoms with Crippen molar-refractivity contribution in [3.05, 3.63) is 35.4 Å². The van der Waals surface area contributed by atoms with Crippen LogP contribution in [0.1, 0.15) is 57.1 Å². The summed E-state index contributed by atoms with van der Waals surface area (Å²) in [5.74, 6) is 0.647. The molecule has 0 radical (unpaired) electrons. The van der Waals surface area contributed by atoms with Crippen LogP contribution in [0.2, 0.25) is 0 Å². The lowest BCUT2D eigenvalue weighted by atomic mass is 10.0. The molecule has 4 nitrogen and oxygen atoms in total. The number of nitrogens with one attached hydrogen (secondary N) is 1. The largest absolute Gasteiger partial charge is 0.335 e. The maximum absolute atomic E-state index is 12.7. The van der Waals surface area contributed by atoms with Crippen LogP contribution in [0, 0.1) is 12.8 Å². The van der Waals surface area contributed by atoms with Crippen molar-refractivity contribution in [2.75, 3.05) is 19.6 Å². The maximum Gasteiger partial charge on any atom is 0.317 e. The van der Waals surface area contributed by atoms with Crippen molar-refractivity contribution < 1.29 is 4.79 Å². The van der Waals surface area contributed by atoms with Crippen LogP contribution in [0.25, 0.3) is 0 Å². The Balaban J connectivity index is 1.43. The zero-order chi connectivity index (χ0) is 18.5. The van der Waals surface area contributed by atoms with Gasteiger partial charge in [-0.15, -0.1) is 0 Å². The van der Waals surface area contributed by atoms with Crippen LogP contribution in [-0.2, 0) is 6.54 Å². The molecule has 1 heterocycles. The third kappa shape index (κ3) is 5.73. The Hall–Kier alpha value is -1.55. The minimum atomic E-state index is 0.172. The van der Waals surface area contributed by atoms with Gasteiger partial charge in [-0.2, -0.15) is 0 Å². The van der Waals surface area contributed by atoms with Crippen LogP contribution in [0.4, 0.5) is 4.79 Å². The van der Waals surface area contributed by atoms with Gasteiger partial charge in [0.25, 0.3) is 0 Å². The average Bonchev–Trinajstić information content (AvgIpc) is 3.41. The van der Waals surface area contributed by atoms with E-state index in [1.54, 1.807) is 0 Å². The summed E-state index contributed by atoms with van der Waals surface area (Å²) in [6.07, 6.45) is 5.57. The molecule has 0 aromatic heterocycles. The molecule has 0 atom stereocenters. The molecule has 0 bridgehead atoms. The van der Waals surface area contributed by atoms with Gasteiger partial charge in [-0.05, 0) is 50.5 Å². The van der Waals surface area contributed by atoms with Gasteiger partial charge in [0.1, 0.15) is 0 Å². The Morgan fingerprint density at radius 3 is 2.58 bits per heavy atom. The van der Waals surface area contributed by atoms with Crippen molar-refractivity contribution in [2.45, 2.75) is 71.5 Å². The van der Waals surface area contributed by atoms with E-state index in [4.69, 9.17) is 0 Å². The molecule has 26 heavy (non-hydrogen) atoms. The first-order chi connectivity index (χ1) is 12.5. The number of piperidine rings is 1. The molecule has 3 rings (SSSR count). The first kappa shape index (κ1) is 19.2. The summed E-state index contributed by atoms with van der Waals surface area (Å²) in [6.45, 7) is 10.7. The van der Waals surface area contributed by atoms with Crippen LogP contribution < -0.4 is 5.32 Å². The Morgan fingerprint density at radius 2 is 1.96 bits per heavy atom. The fourth-order valence-electron chi connectivity index (χ4n) is 3.80. The van der Waals surface area contributed by atoms with E-state index in [0.29, 0.717) is 18.0 Å². The van der Waals surface area contributed by atoms with Crippen LogP contribution in [0.3, 0.4) is 0 Å². The summed E-state index contributed by atoms with van der Waals surface area (Å²) in [4.78, 5) is 17.3. The number of nitrogens with zero attached hydrogens (tertiary/aromatic N) is 2. The molecule has 1 saturated heterocycles. The number of carbonyl (C=O) groups is 1. The fraction of sp³-hybridized carbons (Fsp3) is 0.682. The molecular weight excluding hydrogens is 322 g/mol. The van der Waals surface area contributed by atoms with Gasteiger partial charge in [0.2, 0.25) is 0 Å². The molecule has 2 fully saturated rings. The van der Waals surface area contributed by atoms with Crippen molar-refractivity contribution in [3.8, 4) is 0 Å². The minimum Gasteiger partial charge on any atom is -0.335 e. The fourth-order valence-corrected chi connectivity index (χ4v) is 3.80. The average molecular weight is 358 g/mol. The van der Waals surface area contributed by atoms with E-state index in [9.17, 15) is 4.79 Å². The predicted molar refractivity (Wildman–Crippen MR) is 107 cm³/mol. The van der Waals surface area contributed by atoms with Crippen LogP contribution >= 0.6 is 0 Å². The molecule has 4 heteroatoms. The maximum atomic E-state index is 12.7. The van der Waals surface area contributed by atoms with Crippen molar-refractivity contribution in [1.82, 2.24) is 15.1 Å². The quantitative estimate of drug-likeness (QED) is 0.794. The van der Waals surface area contributed by atoms with E-state index in [1.165, 1.54) is 24.0 Å². The lowest BCUT2D eigenvalue weighted by molar-refractivity contribution is 0.165. The number of amides is 2. The summed E-state index contributed by atoms with van der Waals surface area (Å²) >= 11 is 0. The van der Waals surface area contributed by atoms with Crippen LogP contribution in [0.5, 0.6) is 0 Å². The zero-order valence-corrected chi connectivity index (χ0v) is 16.7. The summed E-state index contributed by atoms with van der Waals surface area (Å²) in [7, 11) is 0. The summed E-state index contributed by atoms with van der Waals surface area (Å²) in [5.41, 5.74) is 2.72. The summed E-state index contributed by atoms with van der Waals surface area (Å²) in [6, 6.07) is 9.77. The van der Waals surface area contributed by atoms with Gasteiger partial charge in [0, 0.05) is 38.3 Å². The van der Waals surface area contributed by atoms with E-state index >= 15 is 0 Å². The highest BCUT2D eigenvalue weighted by Crippen LogP contribution is 2.28. The lowest BCUT2D eigenvalue weighted by Gasteiger charge is -2.34. The molecule has 2 amide bonds. The van der Waals surface area contributed by atoms with Crippen molar-refractivity contribution >= 4 is 6.03 Å². The monoisotopic (exact) mass is 357 g/mol. The van der Waals surface area contributed by atoms with E-state index < -0.39 is 0 Å². The van der Waals surface area contributed by atoms with E-state index in [0.717, 1.165) is 45.4 Å². The molecule has 1 aliphatic carbocycles. The smallest absolute Gasteiger partial charge is 0.317 e. The third-order valence-corrected chi connectivity index (χ3v) is 5.60. The number of urea groups is 1. The highest BCUT2D eigenvalue weighted by atomic mass is 16.2. The zero-order valence-electron chi connectivity index (χ0n) is 16.7. The van der Waals surface area contributed by atoms with Gasteiger partial charge >= 0.3 is 6.03 Å². The number of aryl methyl sites for hydroxylation is 1. The van der Waals surface area contributed by atoms with Crippen molar-refractivity contribution in [2.24, 2.45) is 5.92 Å². The lowest BCUT2D eigenvalue weighted by Crippen LogP contribution is -2.50. The molecule has 2 aliphatic rings. The highest BCUT2D eigenvalue weighted by molar-refractivity contribution is 5.75. The second-order valence-corrected chi connectivity index (χ2v) is 8.60. The number of carbonyl (C=O) groups excluding carboxylic acids is 1. The first-order valence-corrected chi connectivity index (χ1v) is 10.4. The Bertz CT molecular complexity index is 589. The van der Waals surface area contributed by atoms with E-state index in [-0.39, 0.29) is 6.03 Å². The van der Waals surface area contributed by atoms with Gasteiger partial charge in [-0.3, -0.25) is 4.90 Å². The van der Waals surface area contributed by atoms with Crippen LogP contribution in [0.15, 0.2) is 24.3 Å².